The van der Waals surface area contributed by atoms with Crippen LogP contribution in [0.3, 0.4) is 0 Å². The zero-order valence-corrected chi connectivity index (χ0v) is 21.2. The van der Waals surface area contributed by atoms with E-state index in [1.165, 1.54) is 24.8 Å². The second kappa shape index (κ2) is 15.2. The van der Waals surface area contributed by atoms with Crippen LogP contribution in [-0.4, -0.2) is 36.7 Å². The Balaban J connectivity index is 0.000000457. The summed E-state index contributed by atoms with van der Waals surface area (Å²) in [6.45, 7) is 17.5. The average Bonchev–Trinajstić information content (AvgIpc) is 2.81. The second-order valence-electron chi connectivity index (χ2n) is 8.83. The molecule has 1 N–H and O–H groups in total. The summed E-state index contributed by atoms with van der Waals surface area (Å²) in [4.78, 5) is 9.88. The van der Waals surface area contributed by atoms with Crippen LogP contribution in [0.25, 0.3) is 0 Å². The maximum atomic E-state index is 6.17. The van der Waals surface area contributed by atoms with Crippen molar-refractivity contribution in [3.63, 3.8) is 0 Å². The minimum Gasteiger partial charge on any atom is -0.471 e. The molecule has 3 heterocycles. The van der Waals surface area contributed by atoms with Gasteiger partial charge in [-0.05, 0) is 63.2 Å². The largest absolute Gasteiger partial charge is 0.471 e. The highest BCUT2D eigenvalue weighted by Crippen LogP contribution is 2.37. The van der Waals surface area contributed by atoms with E-state index < -0.39 is 0 Å². The molecule has 1 saturated heterocycles. The summed E-state index contributed by atoms with van der Waals surface area (Å²) in [5, 5.41) is 7.73. The number of aryl methyl sites for hydroxylation is 1. The summed E-state index contributed by atoms with van der Waals surface area (Å²) in [5.74, 6) is 1.69. The van der Waals surface area contributed by atoms with Crippen molar-refractivity contribution in [1.29, 1.82) is 0 Å². The normalized spacial score (nSPS) is 19.6. The number of aromatic nitrogens is 1. The number of pyridine rings is 1. The van der Waals surface area contributed by atoms with Crippen molar-refractivity contribution < 1.29 is 9.57 Å². The van der Waals surface area contributed by atoms with Gasteiger partial charge in [0.05, 0.1) is 5.41 Å². The van der Waals surface area contributed by atoms with Gasteiger partial charge in [-0.1, -0.05) is 72.0 Å². The highest BCUT2D eigenvalue weighted by molar-refractivity contribution is 5.83. The SMILES string of the molecule is CC.CCC1CON=C(C2(Cc3cccnc3C)CCNCC2)O1.CCCCC(C)C. The third-order valence-electron chi connectivity index (χ3n) is 5.94. The van der Waals surface area contributed by atoms with Crippen molar-refractivity contribution in [2.45, 2.75) is 99.5 Å². The van der Waals surface area contributed by atoms with E-state index in [1.807, 2.05) is 26.1 Å². The van der Waals surface area contributed by atoms with Crippen molar-refractivity contribution in [2.75, 3.05) is 19.7 Å². The maximum absolute atomic E-state index is 6.17. The second-order valence-corrected chi connectivity index (χ2v) is 8.83. The van der Waals surface area contributed by atoms with Gasteiger partial charge >= 0.3 is 0 Å². The number of hydrogen-bond donors (Lipinski definition) is 1. The first-order chi connectivity index (χ1) is 15.0. The Bertz CT molecular complexity index is 625. The molecule has 1 unspecified atom stereocenters. The fourth-order valence-corrected chi connectivity index (χ4v) is 3.87. The molecular weight excluding hydrogens is 386 g/mol. The monoisotopic (exact) mass is 433 g/mol. The maximum Gasteiger partial charge on any atom is 0.232 e. The zero-order chi connectivity index (χ0) is 23.1. The van der Waals surface area contributed by atoms with Gasteiger partial charge in [-0.25, -0.2) is 0 Å². The highest BCUT2D eigenvalue weighted by Gasteiger charge is 2.42. The molecule has 0 amide bonds. The molecule has 0 radical (unpaired) electrons. The van der Waals surface area contributed by atoms with Crippen molar-refractivity contribution in [2.24, 2.45) is 16.5 Å². The van der Waals surface area contributed by atoms with Crippen LogP contribution in [0.5, 0.6) is 0 Å². The van der Waals surface area contributed by atoms with Gasteiger partial charge in [0.2, 0.25) is 5.90 Å². The summed E-state index contributed by atoms with van der Waals surface area (Å²) in [5.41, 5.74) is 2.28. The fourth-order valence-electron chi connectivity index (χ4n) is 3.87. The first-order valence-electron chi connectivity index (χ1n) is 12.5. The molecule has 0 spiro atoms. The number of nitrogens with zero attached hydrogens (tertiary/aromatic N) is 2. The molecule has 31 heavy (non-hydrogen) atoms. The minimum atomic E-state index is -0.0765. The molecule has 1 fully saturated rings. The number of nitrogens with one attached hydrogen (secondary N) is 1. The van der Waals surface area contributed by atoms with Gasteiger partial charge in [0.15, 0.2) is 6.61 Å². The summed E-state index contributed by atoms with van der Waals surface area (Å²) in [6, 6.07) is 4.17. The van der Waals surface area contributed by atoms with Crippen LogP contribution in [0.4, 0.5) is 0 Å². The molecule has 0 bridgehead atoms. The molecule has 1 atom stereocenters. The number of rotatable bonds is 7. The molecule has 5 heteroatoms. The van der Waals surface area contributed by atoms with Crippen LogP contribution in [0.15, 0.2) is 23.5 Å². The van der Waals surface area contributed by atoms with Crippen molar-refractivity contribution in [3.8, 4) is 0 Å². The summed E-state index contributed by atoms with van der Waals surface area (Å²) < 4.78 is 6.17. The van der Waals surface area contributed by atoms with Crippen molar-refractivity contribution >= 4 is 5.90 Å². The predicted molar refractivity (Wildman–Crippen MR) is 131 cm³/mol. The quantitative estimate of drug-likeness (QED) is 0.548. The van der Waals surface area contributed by atoms with Gasteiger partial charge < -0.3 is 14.9 Å². The summed E-state index contributed by atoms with van der Waals surface area (Å²) in [7, 11) is 0. The molecule has 0 aromatic carbocycles. The lowest BCUT2D eigenvalue weighted by atomic mass is 9.73. The number of oxime groups is 1. The van der Waals surface area contributed by atoms with Gasteiger partial charge in [0.1, 0.15) is 6.10 Å². The standard InChI is InChI=1S/C17H25N3O2.C7H16.C2H6/c1-3-15-12-21-20-16(22-15)17(6-9-18-10-7-17)11-14-5-4-8-19-13(14)2;1-4-5-6-7(2)3;1-2/h4-5,8,15,18H,3,6-7,9-12H2,1-2H3;7H,4-6H2,1-3H3;1-2H3. The van der Waals surface area contributed by atoms with E-state index in [0.717, 1.165) is 56.3 Å². The van der Waals surface area contributed by atoms with E-state index in [9.17, 15) is 0 Å². The van der Waals surface area contributed by atoms with E-state index >= 15 is 0 Å². The zero-order valence-electron chi connectivity index (χ0n) is 21.2. The molecule has 0 saturated carbocycles. The van der Waals surface area contributed by atoms with E-state index in [2.05, 4.69) is 56.1 Å². The third-order valence-corrected chi connectivity index (χ3v) is 5.94. The lowest BCUT2D eigenvalue weighted by Gasteiger charge is -2.40. The first-order valence-corrected chi connectivity index (χ1v) is 12.5. The van der Waals surface area contributed by atoms with Gasteiger partial charge in [0.25, 0.3) is 0 Å². The molecule has 2 aliphatic rings. The van der Waals surface area contributed by atoms with Crippen molar-refractivity contribution in [1.82, 2.24) is 10.3 Å². The average molecular weight is 434 g/mol. The number of piperidine rings is 1. The Morgan fingerprint density at radius 1 is 1.19 bits per heavy atom. The van der Waals surface area contributed by atoms with Crippen molar-refractivity contribution in [3.05, 3.63) is 29.6 Å². The van der Waals surface area contributed by atoms with E-state index in [0.29, 0.717) is 6.61 Å². The topological polar surface area (TPSA) is 55.7 Å². The Morgan fingerprint density at radius 3 is 2.45 bits per heavy atom. The van der Waals surface area contributed by atoms with Crippen LogP contribution < -0.4 is 5.32 Å². The fraction of sp³-hybridized carbons (Fsp3) is 0.769. The highest BCUT2D eigenvalue weighted by atomic mass is 16.7. The van der Waals surface area contributed by atoms with Crippen LogP contribution in [-0.2, 0) is 16.0 Å². The molecule has 178 valence electrons. The molecule has 3 rings (SSSR count). The molecule has 1 aromatic heterocycles. The molecule has 0 aliphatic carbocycles. The predicted octanol–water partition coefficient (Wildman–Crippen LogP) is 6.30. The lowest BCUT2D eigenvalue weighted by molar-refractivity contribution is -0.00927. The van der Waals surface area contributed by atoms with Gasteiger partial charge in [0, 0.05) is 11.9 Å². The van der Waals surface area contributed by atoms with Gasteiger partial charge in [-0.3, -0.25) is 4.98 Å². The molecule has 2 aliphatic heterocycles. The van der Waals surface area contributed by atoms with E-state index in [-0.39, 0.29) is 11.5 Å². The number of ether oxygens (including phenoxy) is 1. The van der Waals surface area contributed by atoms with Crippen LogP contribution >= 0.6 is 0 Å². The first kappa shape index (κ1) is 27.4. The summed E-state index contributed by atoms with van der Waals surface area (Å²) >= 11 is 0. The Hall–Kier alpha value is -1.62. The number of hydrogen-bond acceptors (Lipinski definition) is 5. The van der Waals surface area contributed by atoms with Crippen LogP contribution in [0.2, 0.25) is 0 Å². The smallest absolute Gasteiger partial charge is 0.232 e. The minimum absolute atomic E-state index is 0.0765. The van der Waals surface area contributed by atoms with Crippen LogP contribution in [0.1, 0.15) is 91.3 Å². The molecule has 1 aromatic rings. The molecular formula is C26H47N3O2. The Morgan fingerprint density at radius 2 is 1.90 bits per heavy atom. The molecule has 5 nitrogen and oxygen atoms in total. The lowest BCUT2D eigenvalue weighted by Crippen LogP contribution is -2.47. The van der Waals surface area contributed by atoms with Gasteiger partial charge in [-0.2, -0.15) is 0 Å². The summed E-state index contributed by atoms with van der Waals surface area (Å²) in [6.07, 6.45) is 9.99. The van der Waals surface area contributed by atoms with E-state index in [4.69, 9.17) is 9.57 Å². The number of unbranched alkanes of at least 4 members (excludes halogenated alkanes) is 1. The van der Waals surface area contributed by atoms with E-state index in [1.54, 1.807) is 0 Å². The third kappa shape index (κ3) is 9.18. The Kier molecular flexibility index (Phi) is 13.5. The Labute approximate surface area is 191 Å². The van der Waals surface area contributed by atoms with Gasteiger partial charge in [-0.15, -0.1) is 0 Å². The van der Waals surface area contributed by atoms with Crippen LogP contribution in [0, 0.1) is 18.3 Å².